The van der Waals surface area contributed by atoms with Gasteiger partial charge in [0.25, 0.3) is 0 Å². The Morgan fingerprint density at radius 2 is 1.94 bits per heavy atom. The number of anilines is 2. The summed E-state index contributed by atoms with van der Waals surface area (Å²) in [4.78, 5) is 24.7. The SMILES string of the molecule is COc1cc2c(N)nc(N3C=C4C(C3)N4C(=O)CCc3ccc(F)cc3)nc2c(F)c1OC. The molecule has 8 nitrogen and oxygen atoms in total. The van der Waals surface area contributed by atoms with Crippen LogP contribution >= 0.6 is 0 Å². The number of benzene rings is 2. The summed E-state index contributed by atoms with van der Waals surface area (Å²) in [6.07, 6.45) is 2.64. The molecule has 33 heavy (non-hydrogen) atoms. The van der Waals surface area contributed by atoms with Gasteiger partial charge in [0, 0.05) is 18.0 Å². The van der Waals surface area contributed by atoms with Gasteiger partial charge in [0.2, 0.25) is 11.9 Å². The molecule has 10 heteroatoms. The number of nitrogens with zero attached hydrogens (tertiary/aromatic N) is 4. The maximum absolute atomic E-state index is 15.0. The number of halogens is 2. The monoisotopic (exact) mass is 453 g/mol. The van der Waals surface area contributed by atoms with Crippen molar-refractivity contribution in [3.05, 3.63) is 59.4 Å². The van der Waals surface area contributed by atoms with Crippen LogP contribution in [-0.2, 0) is 11.2 Å². The second-order valence-corrected chi connectivity index (χ2v) is 7.84. The average Bonchev–Trinajstić information content (AvgIpc) is 3.31. The zero-order chi connectivity index (χ0) is 23.3. The van der Waals surface area contributed by atoms with Crippen molar-refractivity contribution in [3.63, 3.8) is 0 Å². The van der Waals surface area contributed by atoms with Crippen molar-refractivity contribution in [2.45, 2.75) is 18.9 Å². The summed E-state index contributed by atoms with van der Waals surface area (Å²) in [5.41, 5.74) is 7.87. The van der Waals surface area contributed by atoms with E-state index in [4.69, 9.17) is 15.2 Å². The molecule has 2 aromatic carbocycles. The number of methoxy groups -OCH3 is 2. The Morgan fingerprint density at radius 3 is 2.58 bits per heavy atom. The van der Waals surface area contributed by atoms with Gasteiger partial charge < -0.3 is 25.0 Å². The number of rotatable bonds is 6. The van der Waals surface area contributed by atoms with Gasteiger partial charge in [-0.05, 0) is 30.2 Å². The second kappa shape index (κ2) is 7.88. The Bertz CT molecular complexity index is 1300. The molecule has 3 aromatic rings. The lowest BCUT2D eigenvalue weighted by Gasteiger charge is -2.19. The number of nitrogen functional groups attached to an aromatic ring is 1. The first-order valence-electron chi connectivity index (χ1n) is 10.3. The van der Waals surface area contributed by atoms with Gasteiger partial charge in [0.15, 0.2) is 17.3 Å². The lowest BCUT2D eigenvalue weighted by molar-refractivity contribution is -0.125. The smallest absolute Gasteiger partial charge is 0.232 e. The molecule has 2 N–H and O–H groups in total. The van der Waals surface area contributed by atoms with E-state index in [1.54, 1.807) is 28.1 Å². The summed E-state index contributed by atoms with van der Waals surface area (Å²) in [7, 11) is 2.75. The van der Waals surface area contributed by atoms with Crippen molar-refractivity contribution < 1.29 is 23.0 Å². The first-order valence-corrected chi connectivity index (χ1v) is 10.3. The van der Waals surface area contributed by atoms with Crippen LogP contribution in [-0.4, -0.2) is 47.6 Å². The van der Waals surface area contributed by atoms with Gasteiger partial charge in [-0.1, -0.05) is 12.1 Å². The Hall–Kier alpha value is -3.95. The van der Waals surface area contributed by atoms with Crippen LogP contribution in [0.15, 0.2) is 42.2 Å². The van der Waals surface area contributed by atoms with Crippen molar-refractivity contribution in [2.75, 3.05) is 31.4 Å². The first-order chi connectivity index (χ1) is 15.9. The second-order valence-electron chi connectivity index (χ2n) is 7.84. The quantitative estimate of drug-likeness (QED) is 0.574. The van der Waals surface area contributed by atoms with Crippen LogP contribution in [0.3, 0.4) is 0 Å². The van der Waals surface area contributed by atoms with Crippen molar-refractivity contribution in [1.29, 1.82) is 0 Å². The molecule has 0 saturated carbocycles. The van der Waals surface area contributed by atoms with Crippen LogP contribution in [0.5, 0.6) is 11.5 Å². The van der Waals surface area contributed by atoms with Gasteiger partial charge in [-0.3, -0.25) is 4.79 Å². The van der Waals surface area contributed by atoms with Crippen molar-refractivity contribution in [3.8, 4) is 11.5 Å². The van der Waals surface area contributed by atoms with Crippen LogP contribution in [0.25, 0.3) is 10.9 Å². The molecule has 0 spiro atoms. The molecular weight excluding hydrogens is 432 g/mol. The number of nitrogens with two attached hydrogens (primary N) is 1. The highest BCUT2D eigenvalue weighted by atomic mass is 19.1. The van der Waals surface area contributed by atoms with Crippen LogP contribution in [0.4, 0.5) is 20.5 Å². The Labute approximate surface area is 188 Å². The normalized spacial score (nSPS) is 16.6. The molecule has 2 aliphatic rings. The fourth-order valence-electron chi connectivity index (χ4n) is 4.12. The van der Waals surface area contributed by atoms with E-state index < -0.39 is 5.82 Å². The van der Waals surface area contributed by atoms with E-state index in [1.807, 2.05) is 0 Å². The maximum atomic E-state index is 15.0. The van der Waals surface area contributed by atoms with E-state index in [2.05, 4.69) is 9.97 Å². The number of carbonyl (C=O) groups is 1. The summed E-state index contributed by atoms with van der Waals surface area (Å²) in [6.45, 7) is 0.456. The molecule has 1 atom stereocenters. The number of aromatic nitrogens is 2. The van der Waals surface area contributed by atoms with Gasteiger partial charge in [0.1, 0.15) is 17.2 Å². The van der Waals surface area contributed by atoms with Gasteiger partial charge in [-0.25, -0.2) is 13.8 Å². The van der Waals surface area contributed by atoms with Gasteiger partial charge >= 0.3 is 0 Å². The lowest BCUT2D eigenvalue weighted by Crippen LogP contribution is -2.27. The van der Waals surface area contributed by atoms with Gasteiger partial charge in [0.05, 0.1) is 32.5 Å². The third kappa shape index (κ3) is 3.57. The molecule has 170 valence electrons. The predicted molar refractivity (Wildman–Crippen MR) is 118 cm³/mol. The summed E-state index contributed by atoms with van der Waals surface area (Å²) in [6, 6.07) is 7.60. The number of hydrogen-bond acceptors (Lipinski definition) is 7. The number of aryl methyl sites for hydroxylation is 1. The molecule has 2 aliphatic heterocycles. The highest BCUT2D eigenvalue weighted by Crippen LogP contribution is 2.42. The van der Waals surface area contributed by atoms with Crippen LogP contribution in [0.1, 0.15) is 12.0 Å². The van der Waals surface area contributed by atoms with Crippen LogP contribution in [0.2, 0.25) is 0 Å². The number of ether oxygens (including phenoxy) is 2. The Morgan fingerprint density at radius 1 is 1.18 bits per heavy atom. The molecule has 5 rings (SSSR count). The zero-order valence-electron chi connectivity index (χ0n) is 18.0. The van der Waals surface area contributed by atoms with Gasteiger partial charge in [-0.2, -0.15) is 4.98 Å². The first kappa shape index (κ1) is 20.9. The molecule has 0 aliphatic carbocycles. The van der Waals surface area contributed by atoms with Crippen molar-refractivity contribution >= 4 is 28.6 Å². The standard InChI is InChI=1S/C23H21F2N5O3/c1-32-17-9-14-20(19(25)21(17)33-2)27-23(28-22(14)26)29-10-15-16(11-29)30(15)18(31)8-5-12-3-6-13(24)7-4-12/h3-4,6-7,9-10,16H,5,8,11H2,1-2H3,(H2,26,27,28). The van der Waals surface area contributed by atoms with E-state index >= 15 is 4.39 Å². The zero-order valence-corrected chi connectivity index (χ0v) is 18.0. The summed E-state index contributed by atoms with van der Waals surface area (Å²) < 4.78 is 38.3. The lowest BCUT2D eigenvalue weighted by atomic mass is 10.1. The number of carbonyl (C=O) groups excluding carboxylic acids is 1. The maximum Gasteiger partial charge on any atom is 0.232 e. The molecule has 3 heterocycles. The summed E-state index contributed by atoms with van der Waals surface area (Å²) in [5, 5.41) is 0.323. The average molecular weight is 453 g/mol. The number of amides is 1. The minimum Gasteiger partial charge on any atom is -0.493 e. The summed E-state index contributed by atoms with van der Waals surface area (Å²) in [5.74, 6) is -0.497. The topological polar surface area (TPSA) is 93.6 Å². The Kier molecular flexibility index (Phi) is 4.99. The third-order valence-electron chi connectivity index (χ3n) is 5.88. The minimum atomic E-state index is -0.684. The molecule has 1 amide bonds. The molecule has 0 radical (unpaired) electrons. The van der Waals surface area contributed by atoms with E-state index in [-0.39, 0.29) is 46.5 Å². The highest BCUT2D eigenvalue weighted by Gasteiger charge is 2.50. The highest BCUT2D eigenvalue weighted by molar-refractivity contribution is 5.92. The molecule has 1 fully saturated rings. The van der Waals surface area contributed by atoms with E-state index in [1.165, 1.54) is 32.4 Å². The molecular formula is C23H21F2N5O3. The van der Waals surface area contributed by atoms with E-state index in [0.29, 0.717) is 24.8 Å². The van der Waals surface area contributed by atoms with Crippen LogP contribution in [0, 0.1) is 11.6 Å². The van der Waals surface area contributed by atoms with Crippen molar-refractivity contribution in [1.82, 2.24) is 14.9 Å². The summed E-state index contributed by atoms with van der Waals surface area (Å²) >= 11 is 0. The molecule has 1 unspecified atom stereocenters. The Balaban J connectivity index is 1.33. The number of hydrogen-bond donors (Lipinski definition) is 1. The molecule has 0 bridgehead atoms. The van der Waals surface area contributed by atoms with Crippen molar-refractivity contribution in [2.24, 2.45) is 0 Å². The molecule has 1 aromatic heterocycles. The number of fused-ring (bicyclic) bond motifs is 2. The van der Waals surface area contributed by atoms with E-state index in [9.17, 15) is 9.18 Å². The molecule has 1 saturated heterocycles. The largest absolute Gasteiger partial charge is 0.493 e. The van der Waals surface area contributed by atoms with Gasteiger partial charge in [-0.15, -0.1) is 0 Å². The van der Waals surface area contributed by atoms with Crippen LogP contribution < -0.4 is 20.1 Å². The third-order valence-corrected chi connectivity index (χ3v) is 5.88. The van der Waals surface area contributed by atoms with E-state index in [0.717, 1.165) is 11.3 Å². The fourth-order valence-corrected chi connectivity index (χ4v) is 4.12. The fraction of sp³-hybridized carbons (Fsp3) is 0.261. The predicted octanol–water partition coefficient (Wildman–Crippen LogP) is 3.01. The minimum absolute atomic E-state index is 0.00274.